The third kappa shape index (κ3) is 4.72. The van der Waals surface area contributed by atoms with Crippen molar-refractivity contribution in [1.29, 1.82) is 0 Å². The van der Waals surface area contributed by atoms with Gasteiger partial charge in [-0.1, -0.05) is 32.9 Å². The van der Waals surface area contributed by atoms with Gasteiger partial charge < -0.3 is 9.88 Å². The zero-order valence-corrected chi connectivity index (χ0v) is 23.8. The Morgan fingerprint density at radius 1 is 1.05 bits per heavy atom. The average molecular weight is 573 g/mol. The number of alkyl halides is 3. The SMILES string of the molecule is CC(C)(C)c1ccc(S(=O)(=O)N2Cc3cc(C(F)(F)F)ccc3N(Cc3cnc[nH]3)[C@@H](C34CCC(C3)C4)C2)cc1. The first-order valence-corrected chi connectivity index (χ1v) is 15.3. The van der Waals surface area contributed by atoms with Gasteiger partial charge in [-0.2, -0.15) is 17.5 Å². The van der Waals surface area contributed by atoms with Crippen LogP contribution in [0.25, 0.3) is 0 Å². The summed E-state index contributed by atoms with van der Waals surface area (Å²) in [6.45, 7) is 6.67. The number of sulfonamides is 1. The Morgan fingerprint density at radius 2 is 1.75 bits per heavy atom. The molecular formula is C30H35F3N4O2S. The third-order valence-corrected chi connectivity index (χ3v) is 11.0. The van der Waals surface area contributed by atoms with Gasteiger partial charge >= 0.3 is 6.18 Å². The van der Waals surface area contributed by atoms with Gasteiger partial charge in [0.05, 0.1) is 29.0 Å². The second-order valence-corrected chi connectivity index (χ2v) is 14.7. The van der Waals surface area contributed by atoms with Crippen molar-refractivity contribution in [2.75, 3.05) is 11.4 Å². The highest BCUT2D eigenvalue weighted by Crippen LogP contribution is 2.62. The van der Waals surface area contributed by atoms with E-state index < -0.39 is 21.8 Å². The van der Waals surface area contributed by atoms with E-state index in [1.54, 1.807) is 24.7 Å². The Balaban J connectivity index is 1.47. The molecule has 1 atom stereocenters. The number of anilines is 1. The molecule has 2 aromatic carbocycles. The first kappa shape index (κ1) is 27.3. The number of halogens is 3. The van der Waals surface area contributed by atoms with Crippen molar-refractivity contribution < 1.29 is 21.6 Å². The second kappa shape index (κ2) is 9.34. The molecule has 2 bridgehead atoms. The molecule has 3 aromatic rings. The Kier molecular flexibility index (Phi) is 6.38. The molecule has 7 rings (SSSR count). The van der Waals surface area contributed by atoms with Crippen molar-refractivity contribution in [2.24, 2.45) is 11.3 Å². The average Bonchev–Trinajstić information content (AvgIpc) is 3.60. The molecule has 40 heavy (non-hydrogen) atoms. The van der Waals surface area contributed by atoms with Gasteiger partial charge in [-0.05, 0) is 83.9 Å². The van der Waals surface area contributed by atoms with Gasteiger partial charge in [-0.25, -0.2) is 13.4 Å². The fraction of sp³-hybridized carbons (Fsp3) is 0.500. The zero-order valence-electron chi connectivity index (χ0n) is 23.0. The van der Waals surface area contributed by atoms with Crippen LogP contribution in [0.1, 0.15) is 68.8 Å². The lowest BCUT2D eigenvalue weighted by atomic mass is 9.64. The summed E-state index contributed by atoms with van der Waals surface area (Å²) in [5, 5.41) is 0. The van der Waals surface area contributed by atoms with Crippen molar-refractivity contribution >= 4 is 15.7 Å². The Morgan fingerprint density at radius 3 is 2.33 bits per heavy atom. The van der Waals surface area contributed by atoms with Gasteiger partial charge in [-0.3, -0.25) is 0 Å². The van der Waals surface area contributed by atoms with E-state index in [-0.39, 0.29) is 34.9 Å². The number of H-pyrrole nitrogens is 1. The summed E-state index contributed by atoms with van der Waals surface area (Å²) in [7, 11) is -3.99. The van der Waals surface area contributed by atoms with E-state index >= 15 is 0 Å². The Hall–Kier alpha value is -2.85. The minimum atomic E-state index is -4.53. The van der Waals surface area contributed by atoms with E-state index in [1.807, 2.05) is 12.1 Å². The van der Waals surface area contributed by atoms with Crippen LogP contribution in [-0.4, -0.2) is 35.3 Å². The summed E-state index contributed by atoms with van der Waals surface area (Å²) in [4.78, 5) is 9.57. The highest BCUT2D eigenvalue weighted by molar-refractivity contribution is 7.89. The predicted molar refractivity (Wildman–Crippen MR) is 147 cm³/mol. The number of aromatic amines is 1. The first-order chi connectivity index (χ1) is 18.8. The molecular weight excluding hydrogens is 537 g/mol. The van der Waals surface area contributed by atoms with Crippen molar-refractivity contribution in [3.63, 3.8) is 0 Å². The van der Waals surface area contributed by atoms with Crippen molar-refractivity contribution in [2.45, 2.75) is 82.1 Å². The molecule has 10 heteroatoms. The molecule has 0 unspecified atom stereocenters. The summed E-state index contributed by atoms with van der Waals surface area (Å²) in [5.41, 5.74) is 1.86. The maximum Gasteiger partial charge on any atom is 0.416 e. The van der Waals surface area contributed by atoms with Crippen molar-refractivity contribution in [3.8, 4) is 0 Å². The van der Waals surface area contributed by atoms with Crippen LogP contribution in [0.4, 0.5) is 18.9 Å². The van der Waals surface area contributed by atoms with Crippen LogP contribution in [-0.2, 0) is 34.7 Å². The van der Waals surface area contributed by atoms with Crippen LogP contribution in [0, 0.1) is 11.3 Å². The van der Waals surface area contributed by atoms with Crippen molar-refractivity contribution in [3.05, 3.63) is 77.4 Å². The fourth-order valence-electron chi connectivity index (χ4n) is 7.04. The number of hydrogen-bond donors (Lipinski definition) is 1. The van der Waals surface area contributed by atoms with Crippen LogP contribution in [0.3, 0.4) is 0 Å². The number of hydrogen-bond acceptors (Lipinski definition) is 4. The molecule has 1 N–H and O–H groups in total. The van der Waals surface area contributed by atoms with Gasteiger partial charge in [0.1, 0.15) is 0 Å². The van der Waals surface area contributed by atoms with Crippen LogP contribution >= 0.6 is 0 Å². The van der Waals surface area contributed by atoms with Crippen LogP contribution < -0.4 is 4.90 Å². The highest BCUT2D eigenvalue weighted by Gasteiger charge is 2.57. The number of nitrogens with one attached hydrogen (secondary N) is 1. The number of rotatable bonds is 5. The summed E-state index contributed by atoms with van der Waals surface area (Å²) in [5.74, 6) is 0.638. The maximum atomic E-state index is 14.2. The summed E-state index contributed by atoms with van der Waals surface area (Å²) >= 11 is 0. The van der Waals surface area contributed by atoms with Gasteiger partial charge in [0, 0.05) is 31.0 Å². The molecule has 2 heterocycles. The van der Waals surface area contributed by atoms with E-state index in [0.29, 0.717) is 23.7 Å². The summed E-state index contributed by atoms with van der Waals surface area (Å²) in [6.07, 6.45) is 2.89. The topological polar surface area (TPSA) is 69.3 Å². The van der Waals surface area contributed by atoms with Crippen molar-refractivity contribution in [1.82, 2.24) is 14.3 Å². The maximum absolute atomic E-state index is 14.2. The van der Waals surface area contributed by atoms with Gasteiger partial charge in [0.2, 0.25) is 10.0 Å². The molecule has 4 aliphatic rings. The van der Waals surface area contributed by atoms with Gasteiger partial charge in [-0.15, -0.1) is 0 Å². The van der Waals surface area contributed by atoms with E-state index in [9.17, 15) is 21.6 Å². The molecule has 0 saturated heterocycles. The molecule has 3 saturated carbocycles. The predicted octanol–water partition coefficient (Wildman–Crippen LogP) is 6.50. The molecule has 0 spiro atoms. The van der Waals surface area contributed by atoms with E-state index in [4.69, 9.17) is 0 Å². The van der Waals surface area contributed by atoms with Crippen LogP contribution in [0.2, 0.25) is 0 Å². The van der Waals surface area contributed by atoms with E-state index in [0.717, 1.165) is 49.1 Å². The number of benzene rings is 2. The van der Waals surface area contributed by atoms with Crippen LogP contribution in [0.15, 0.2) is 59.9 Å². The molecule has 6 nitrogen and oxygen atoms in total. The standard InChI is InChI=1S/C30H35F3N4O2S/c1-28(2,3)22-4-7-25(8-5-22)40(38,39)36-16-21-12-23(30(31,32)33)6-9-26(21)37(17-24-15-34-19-35-24)27(18-36)29-11-10-20(13-29)14-29/h4-9,12,15,19-20,27H,10-11,13-14,16-18H2,1-3H3,(H,34,35)/t20?,27-,29?/m1/s1. The minimum absolute atomic E-state index is 0.0706. The number of imidazole rings is 1. The molecule has 214 valence electrons. The molecule has 0 amide bonds. The largest absolute Gasteiger partial charge is 0.416 e. The van der Waals surface area contributed by atoms with E-state index in [2.05, 4.69) is 35.6 Å². The van der Waals surface area contributed by atoms with Gasteiger partial charge in [0.25, 0.3) is 0 Å². The van der Waals surface area contributed by atoms with E-state index in [1.165, 1.54) is 10.4 Å². The summed E-state index contributed by atoms with van der Waals surface area (Å²) in [6, 6.07) is 10.5. The highest BCUT2D eigenvalue weighted by atomic mass is 32.2. The number of aromatic nitrogens is 2. The Labute approximate surface area is 233 Å². The lowest BCUT2D eigenvalue weighted by Crippen LogP contribution is -2.55. The Bertz CT molecular complexity index is 1480. The lowest BCUT2D eigenvalue weighted by Gasteiger charge is -2.50. The summed E-state index contributed by atoms with van der Waals surface area (Å²) < 4.78 is 71.2. The minimum Gasteiger partial charge on any atom is -0.361 e. The number of nitrogens with zero attached hydrogens (tertiary/aromatic N) is 3. The number of fused-ring (bicyclic) bond motifs is 2. The second-order valence-electron chi connectivity index (χ2n) is 12.8. The molecule has 1 aromatic heterocycles. The fourth-order valence-corrected chi connectivity index (χ4v) is 8.47. The first-order valence-electron chi connectivity index (χ1n) is 13.8. The molecule has 0 radical (unpaired) electrons. The lowest BCUT2D eigenvalue weighted by molar-refractivity contribution is -0.137. The monoisotopic (exact) mass is 572 g/mol. The zero-order chi connectivity index (χ0) is 28.5. The molecule has 1 aliphatic heterocycles. The van der Waals surface area contributed by atoms with Crippen LogP contribution in [0.5, 0.6) is 0 Å². The normalized spacial score (nSPS) is 25.4. The third-order valence-electron chi connectivity index (χ3n) is 9.22. The quantitative estimate of drug-likeness (QED) is 0.379. The smallest absolute Gasteiger partial charge is 0.361 e. The molecule has 3 aliphatic carbocycles. The molecule has 3 fully saturated rings. The van der Waals surface area contributed by atoms with Gasteiger partial charge in [0.15, 0.2) is 0 Å².